The fourth-order valence-corrected chi connectivity index (χ4v) is 4.80. The van der Waals surface area contributed by atoms with Crippen molar-refractivity contribution in [3.05, 3.63) is 41.5 Å². The maximum absolute atomic E-state index is 13.4. The third-order valence-electron chi connectivity index (χ3n) is 6.82. The molecule has 1 aromatic rings. The standard InChI is InChI=1S/C27H43N3O2/c1-2-3-6-13-25(22-24-11-7-4-8-12-24)23-30(17-16-29-18-20-32-21-19-29)27(31)28-26-14-9-5-10-15-26/h4,7-8,11-12,22,26H,2-3,5-6,9-10,13-21,23H2,1H3,(H,28,31)/p+1/b25-22+. The molecule has 1 aliphatic carbocycles. The van der Waals surface area contributed by atoms with E-state index in [4.69, 9.17) is 4.74 Å². The quantitative estimate of drug-likeness (QED) is 0.511. The van der Waals surface area contributed by atoms with E-state index >= 15 is 0 Å². The predicted octanol–water partition coefficient (Wildman–Crippen LogP) is 3.91. The van der Waals surface area contributed by atoms with Gasteiger partial charge in [-0.25, -0.2) is 4.79 Å². The number of hydrogen-bond donors (Lipinski definition) is 2. The molecular formula is C27H44N3O2+. The highest BCUT2D eigenvalue weighted by molar-refractivity contribution is 5.75. The SMILES string of the molecule is CCCCC/C(=C\c1ccccc1)CN(CC[NH+]1CCOCC1)C(=O)NC1CCCCC1. The van der Waals surface area contributed by atoms with Crippen LogP contribution >= 0.6 is 0 Å². The Morgan fingerprint density at radius 2 is 1.88 bits per heavy atom. The molecule has 5 nitrogen and oxygen atoms in total. The van der Waals surface area contributed by atoms with E-state index in [0.29, 0.717) is 6.04 Å². The summed E-state index contributed by atoms with van der Waals surface area (Å²) >= 11 is 0. The zero-order chi connectivity index (χ0) is 22.4. The summed E-state index contributed by atoms with van der Waals surface area (Å²) in [5.41, 5.74) is 2.59. The average Bonchev–Trinajstić information content (AvgIpc) is 2.83. The minimum absolute atomic E-state index is 0.124. The van der Waals surface area contributed by atoms with Crippen molar-refractivity contribution < 1.29 is 14.4 Å². The van der Waals surface area contributed by atoms with Crippen LogP contribution < -0.4 is 10.2 Å². The number of nitrogens with one attached hydrogen (secondary N) is 2. The second-order valence-electron chi connectivity index (χ2n) is 9.49. The minimum Gasteiger partial charge on any atom is -0.370 e. The number of morpholine rings is 1. The molecule has 32 heavy (non-hydrogen) atoms. The van der Waals surface area contributed by atoms with E-state index < -0.39 is 0 Å². The molecule has 0 atom stereocenters. The van der Waals surface area contributed by atoms with Gasteiger partial charge < -0.3 is 19.9 Å². The third kappa shape index (κ3) is 8.95. The van der Waals surface area contributed by atoms with Crippen molar-refractivity contribution in [3.63, 3.8) is 0 Å². The lowest BCUT2D eigenvalue weighted by Crippen LogP contribution is -3.14. The van der Waals surface area contributed by atoms with Crippen LogP contribution in [0.3, 0.4) is 0 Å². The lowest BCUT2D eigenvalue weighted by molar-refractivity contribution is -0.907. The topological polar surface area (TPSA) is 46.0 Å². The second-order valence-corrected chi connectivity index (χ2v) is 9.49. The van der Waals surface area contributed by atoms with Crippen LogP contribution in [0.15, 0.2) is 35.9 Å². The smallest absolute Gasteiger partial charge is 0.318 e. The zero-order valence-electron chi connectivity index (χ0n) is 20.1. The van der Waals surface area contributed by atoms with E-state index in [1.165, 1.54) is 49.7 Å². The van der Waals surface area contributed by atoms with Crippen LogP contribution in [0.4, 0.5) is 4.79 Å². The molecule has 178 valence electrons. The summed E-state index contributed by atoms with van der Waals surface area (Å²) in [6, 6.07) is 11.0. The first-order valence-electron chi connectivity index (χ1n) is 13.0. The zero-order valence-corrected chi connectivity index (χ0v) is 20.1. The van der Waals surface area contributed by atoms with Crippen molar-refractivity contribution in [2.75, 3.05) is 45.9 Å². The van der Waals surface area contributed by atoms with Gasteiger partial charge in [0.05, 0.1) is 26.3 Å². The summed E-state index contributed by atoms with van der Waals surface area (Å²) in [5.74, 6) is 0. The minimum atomic E-state index is 0.124. The first kappa shape index (κ1) is 24.8. The first-order chi connectivity index (χ1) is 15.7. The highest BCUT2D eigenvalue weighted by atomic mass is 16.5. The van der Waals surface area contributed by atoms with E-state index in [1.807, 2.05) is 0 Å². The number of rotatable bonds is 11. The van der Waals surface area contributed by atoms with Gasteiger partial charge in [-0.1, -0.05) is 81.0 Å². The van der Waals surface area contributed by atoms with Gasteiger partial charge in [0.25, 0.3) is 0 Å². The summed E-state index contributed by atoms with van der Waals surface area (Å²) in [7, 11) is 0. The third-order valence-corrected chi connectivity index (χ3v) is 6.82. The highest BCUT2D eigenvalue weighted by Gasteiger charge is 2.23. The summed E-state index contributed by atoms with van der Waals surface area (Å²) in [6.45, 7) is 8.52. The molecule has 1 aliphatic heterocycles. The van der Waals surface area contributed by atoms with Gasteiger partial charge >= 0.3 is 6.03 Å². The van der Waals surface area contributed by atoms with Gasteiger partial charge in [0.2, 0.25) is 0 Å². The molecule has 2 amide bonds. The van der Waals surface area contributed by atoms with Crippen molar-refractivity contribution in [2.24, 2.45) is 0 Å². The van der Waals surface area contributed by atoms with Crippen molar-refractivity contribution in [3.8, 4) is 0 Å². The lowest BCUT2D eigenvalue weighted by atomic mass is 9.96. The van der Waals surface area contributed by atoms with Gasteiger partial charge in [-0.05, 0) is 31.2 Å². The van der Waals surface area contributed by atoms with Crippen molar-refractivity contribution in [1.29, 1.82) is 0 Å². The number of amides is 2. The van der Waals surface area contributed by atoms with Crippen molar-refractivity contribution in [2.45, 2.75) is 70.8 Å². The van der Waals surface area contributed by atoms with Crippen LogP contribution in [-0.4, -0.2) is 62.9 Å². The monoisotopic (exact) mass is 442 g/mol. The van der Waals surface area contributed by atoms with E-state index in [1.54, 1.807) is 4.90 Å². The fraction of sp³-hybridized carbons (Fsp3) is 0.667. The number of urea groups is 1. The molecule has 2 fully saturated rings. The number of nitrogens with zero attached hydrogens (tertiary/aromatic N) is 1. The molecular weight excluding hydrogens is 398 g/mol. The molecule has 1 saturated heterocycles. The van der Waals surface area contributed by atoms with Gasteiger partial charge in [0.1, 0.15) is 13.1 Å². The normalized spacial score (nSPS) is 18.5. The van der Waals surface area contributed by atoms with E-state index in [-0.39, 0.29) is 6.03 Å². The summed E-state index contributed by atoms with van der Waals surface area (Å²) in [4.78, 5) is 17.0. The molecule has 0 aromatic heterocycles. The first-order valence-corrected chi connectivity index (χ1v) is 13.0. The number of quaternary nitrogens is 1. The van der Waals surface area contributed by atoms with Crippen molar-refractivity contribution in [1.82, 2.24) is 10.2 Å². The number of carbonyl (C=O) groups excluding carboxylic acids is 1. The Hall–Kier alpha value is -1.85. The second kappa shape index (κ2) is 14.3. The van der Waals surface area contributed by atoms with Crippen LogP contribution in [-0.2, 0) is 4.74 Å². The fourth-order valence-electron chi connectivity index (χ4n) is 4.80. The van der Waals surface area contributed by atoms with Crippen LogP contribution in [0, 0.1) is 0 Å². The van der Waals surface area contributed by atoms with E-state index in [9.17, 15) is 4.79 Å². The molecule has 2 N–H and O–H groups in total. The van der Waals surface area contributed by atoms with Crippen molar-refractivity contribution >= 4 is 12.1 Å². The summed E-state index contributed by atoms with van der Waals surface area (Å²) < 4.78 is 5.52. The van der Waals surface area contributed by atoms with E-state index in [2.05, 4.69) is 53.5 Å². The molecule has 0 unspecified atom stereocenters. The number of unbranched alkanes of at least 4 members (excludes halogenated alkanes) is 2. The van der Waals surface area contributed by atoms with Gasteiger partial charge in [-0.3, -0.25) is 0 Å². The summed E-state index contributed by atoms with van der Waals surface area (Å²) in [5, 5.41) is 3.37. The van der Waals surface area contributed by atoms with Gasteiger partial charge in [0, 0.05) is 12.6 Å². The molecule has 1 saturated carbocycles. The Labute approximate surface area is 195 Å². The van der Waals surface area contributed by atoms with Gasteiger partial charge in [-0.15, -0.1) is 0 Å². The largest absolute Gasteiger partial charge is 0.370 e. The number of carbonyl (C=O) groups is 1. The lowest BCUT2D eigenvalue weighted by Gasteiger charge is -2.31. The Morgan fingerprint density at radius 3 is 2.59 bits per heavy atom. The average molecular weight is 443 g/mol. The number of ether oxygens (including phenoxy) is 1. The summed E-state index contributed by atoms with van der Waals surface area (Å²) in [6.07, 6.45) is 13.0. The molecule has 1 aromatic carbocycles. The molecule has 0 bridgehead atoms. The Kier molecular flexibility index (Phi) is 11.1. The van der Waals surface area contributed by atoms with Gasteiger partial charge in [0.15, 0.2) is 0 Å². The Morgan fingerprint density at radius 1 is 1.12 bits per heavy atom. The number of hydrogen-bond acceptors (Lipinski definition) is 2. The van der Waals surface area contributed by atoms with E-state index in [0.717, 1.165) is 65.2 Å². The van der Waals surface area contributed by atoms with Crippen LogP contribution in [0.2, 0.25) is 0 Å². The molecule has 5 heteroatoms. The van der Waals surface area contributed by atoms with Crippen LogP contribution in [0.25, 0.3) is 6.08 Å². The molecule has 0 radical (unpaired) electrons. The predicted molar refractivity (Wildman–Crippen MR) is 132 cm³/mol. The molecule has 2 aliphatic rings. The van der Waals surface area contributed by atoms with Crippen LogP contribution in [0.5, 0.6) is 0 Å². The Balaban J connectivity index is 1.68. The number of benzene rings is 1. The molecule has 3 rings (SSSR count). The Bertz CT molecular complexity index is 679. The molecule has 1 heterocycles. The highest BCUT2D eigenvalue weighted by Crippen LogP contribution is 2.19. The van der Waals surface area contributed by atoms with Crippen LogP contribution in [0.1, 0.15) is 70.3 Å². The maximum atomic E-state index is 13.4. The maximum Gasteiger partial charge on any atom is 0.318 e. The van der Waals surface area contributed by atoms with Gasteiger partial charge in [-0.2, -0.15) is 0 Å². The molecule has 0 spiro atoms.